The molecular formula is C10H11FO. The largest absolute Gasteiger partial charge is 0.373 e. The molecule has 0 aromatic heterocycles. The maximum absolute atomic E-state index is 12.5. The maximum atomic E-state index is 12.5. The first-order valence-corrected chi connectivity index (χ1v) is 4.20. The predicted octanol–water partition coefficient (Wildman–Crippen LogP) is 2.16. The summed E-state index contributed by atoms with van der Waals surface area (Å²) >= 11 is 0. The van der Waals surface area contributed by atoms with Crippen LogP contribution in [0.4, 0.5) is 4.39 Å². The van der Waals surface area contributed by atoms with Crippen LogP contribution < -0.4 is 0 Å². The molecule has 2 heteroatoms. The van der Waals surface area contributed by atoms with Gasteiger partial charge < -0.3 is 4.74 Å². The summed E-state index contributed by atoms with van der Waals surface area (Å²) < 4.78 is 17.6. The van der Waals surface area contributed by atoms with E-state index in [9.17, 15) is 4.39 Å². The molecule has 1 atom stereocenters. The van der Waals surface area contributed by atoms with Crippen LogP contribution in [0.5, 0.6) is 0 Å². The fraction of sp³-hybridized carbons (Fsp3) is 0.400. The van der Waals surface area contributed by atoms with Gasteiger partial charge in [0.1, 0.15) is 5.82 Å². The molecule has 1 aliphatic rings. The summed E-state index contributed by atoms with van der Waals surface area (Å²) in [5.74, 6) is -0.165. The molecule has 1 aliphatic heterocycles. The van der Waals surface area contributed by atoms with Crippen molar-refractivity contribution in [2.75, 3.05) is 6.61 Å². The van der Waals surface area contributed by atoms with Crippen molar-refractivity contribution < 1.29 is 9.13 Å². The van der Waals surface area contributed by atoms with Gasteiger partial charge in [0.15, 0.2) is 0 Å². The average Bonchev–Trinajstić information content (AvgIpc) is 2.87. The number of ether oxygens (including phenoxy) is 1. The molecule has 1 aromatic carbocycles. The van der Waals surface area contributed by atoms with Crippen molar-refractivity contribution in [3.05, 3.63) is 35.6 Å². The zero-order chi connectivity index (χ0) is 8.39. The summed E-state index contributed by atoms with van der Waals surface area (Å²) in [4.78, 5) is 0. The van der Waals surface area contributed by atoms with Crippen molar-refractivity contribution in [3.8, 4) is 0 Å². The van der Waals surface area contributed by atoms with Gasteiger partial charge in [-0.3, -0.25) is 0 Å². The fourth-order valence-electron chi connectivity index (χ4n) is 1.21. The summed E-state index contributed by atoms with van der Waals surface area (Å²) in [7, 11) is 0. The van der Waals surface area contributed by atoms with E-state index < -0.39 is 0 Å². The molecule has 0 aliphatic carbocycles. The lowest BCUT2D eigenvalue weighted by atomic mass is 10.1. The summed E-state index contributed by atoms with van der Waals surface area (Å²) in [5.41, 5.74) is 1.19. The molecule has 0 spiro atoms. The van der Waals surface area contributed by atoms with Crippen molar-refractivity contribution in [1.82, 2.24) is 0 Å². The van der Waals surface area contributed by atoms with Crippen LogP contribution in [0.25, 0.3) is 0 Å². The highest BCUT2D eigenvalue weighted by Gasteiger charge is 2.21. The third-order valence-electron chi connectivity index (χ3n) is 2.07. The molecular weight excluding hydrogens is 155 g/mol. The monoisotopic (exact) mass is 166 g/mol. The third-order valence-corrected chi connectivity index (χ3v) is 2.07. The van der Waals surface area contributed by atoms with Gasteiger partial charge in [0, 0.05) is 0 Å². The Balaban J connectivity index is 1.89. The Morgan fingerprint density at radius 3 is 2.58 bits per heavy atom. The number of benzene rings is 1. The highest BCUT2D eigenvalue weighted by molar-refractivity contribution is 5.16. The Labute approximate surface area is 71.2 Å². The third kappa shape index (κ3) is 2.05. The highest BCUT2D eigenvalue weighted by atomic mass is 19.1. The summed E-state index contributed by atoms with van der Waals surface area (Å²) in [5, 5.41) is 0. The Morgan fingerprint density at radius 2 is 2.00 bits per heavy atom. The molecule has 1 heterocycles. The minimum Gasteiger partial charge on any atom is -0.373 e. The normalized spacial score (nSPS) is 20.9. The summed E-state index contributed by atoms with van der Waals surface area (Å²) in [6.45, 7) is 0.904. The smallest absolute Gasteiger partial charge is 0.123 e. The van der Waals surface area contributed by atoms with E-state index in [2.05, 4.69) is 0 Å². The second kappa shape index (κ2) is 3.23. The average molecular weight is 166 g/mol. The molecule has 0 bridgehead atoms. The van der Waals surface area contributed by atoms with E-state index in [0.717, 1.165) is 19.4 Å². The fourth-order valence-corrected chi connectivity index (χ4v) is 1.21. The van der Waals surface area contributed by atoms with Crippen molar-refractivity contribution in [1.29, 1.82) is 0 Å². The second-order valence-corrected chi connectivity index (χ2v) is 3.12. The van der Waals surface area contributed by atoms with Crippen molar-refractivity contribution >= 4 is 0 Å². The predicted molar refractivity (Wildman–Crippen MR) is 44.5 cm³/mol. The Kier molecular flexibility index (Phi) is 2.09. The first-order chi connectivity index (χ1) is 5.84. The lowest BCUT2D eigenvalue weighted by molar-refractivity contribution is 0.397. The Hall–Kier alpha value is -0.890. The van der Waals surface area contributed by atoms with E-state index in [1.165, 1.54) is 17.7 Å². The van der Waals surface area contributed by atoms with Crippen LogP contribution in [0.3, 0.4) is 0 Å². The summed E-state index contributed by atoms with van der Waals surface area (Å²) in [6.07, 6.45) is 2.52. The molecule has 0 N–H and O–H groups in total. The quantitative estimate of drug-likeness (QED) is 0.627. The standard InChI is InChI=1S/C10H11FO/c11-9-4-1-8(2-5-9)3-6-10-7-12-10/h1-2,4-5,10H,3,6-7H2/t10-/m0/s1. The van der Waals surface area contributed by atoms with Crippen LogP contribution in [0.15, 0.2) is 24.3 Å². The molecule has 0 amide bonds. The van der Waals surface area contributed by atoms with Gasteiger partial charge in [-0.15, -0.1) is 0 Å². The zero-order valence-corrected chi connectivity index (χ0v) is 6.79. The molecule has 1 nitrogen and oxygen atoms in total. The second-order valence-electron chi connectivity index (χ2n) is 3.12. The van der Waals surface area contributed by atoms with E-state index in [0.29, 0.717) is 6.10 Å². The number of halogens is 1. The SMILES string of the molecule is Fc1ccc(CC[C@H]2CO2)cc1. The van der Waals surface area contributed by atoms with Crippen molar-refractivity contribution in [2.24, 2.45) is 0 Å². The number of epoxide rings is 1. The van der Waals surface area contributed by atoms with Gasteiger partial charge in [-0.25, -0.2) is 4.39 Å². The molecule has 1 fully saturated rings. The van der Waals surface area contributed by atoms with Gasteiger partial charge in [0.05, 0.1) is 12.7 Å². The Morgan fingerprint density at radius 1 is 1.33 bits per heavy atom. The van der Waals surface area contributed by atoms with E-state index >= 15 is 0 Å². The first kappa shape index (κ1) is 7.74. The van der Waals surface area contributed by atoms with E-state index in [1.807, 2.05) is 12.1 Å². The van der Waals surface area contributed by atoms with Gasteiger partial charge in [0.25, 0.3) is 0 Å². The van der Waals surface area contributed by atoms with Crippen LogP contribution in [0.1, 0.15) is 12.0 Å². The lowest BCUT2D eigenvalue weighted by Crippen LogP contribution is -1.90. The van der Waals surface area contributed by atoms with Crippen molar-refractivity contribution in [3.63, 3.8) is 0 Å². The van der Waals surface area contributed by atoms with Gasteiger partial charge in [-0.2, -0.15) is 0 Å². The first-order valence-electron chi connectivity index (χ1n) is 4.20. The summed E-state index contributed by atoms with van der Waals surface area (Å²) in [6, 6.07) is 6.67. The number of hydrogen-bond acceptors (Lipinski definition) is 1. The molecule has 64 valence electrons. The zero-order valence-electron chi connectivity index (χ0n) is 6.79. The number of rotatable bonds is 3. The molecule has 12 heavy (non-hydrogen) atoms. The van der Waals surface area contributed by atoms with Crippen LogP contribution in [0.2, 0.25) is 0 Å². The van der Waals surface area contributed by atoms with Crippen LogP contribution in [-0.4, -0.2) is 12.7 Å². The molecule has 0 unspecified atom stereocenters. The lowest BCUT2D eigenvalue weighted by Gasteiger charge is -1.97. The van der Waals surface area contributed by atoms with Gasteiger partial charge in [0.2, 0.25) is 0 Å². The number of aryl methyl sites for hydroxylation is 1. The van der Waals surface area contributed by atoms with Crippen molar-refractivity contribution in [2.45, 2.75) is 18.9 Å². The number of hydrogen-bond donors (Lipinski definition) is 0. The van der Waals surface area contributed by atoms with E-state index in [-0.39, 0.29) is 5.82 Å². The minimum atomic E-state index is -0.165. The van der Waals surface area contributed by atoms with Gasteiger partial charge in [-0.1, -0.05) is 12.1 Å². The van der Waals surface area contributed by atoms with Crippen LogP contribution in [0, 0.1) is 5.82 Å². The van der Waals surface area contributed by atoms with Gasteiger partial charge in [-0.05, 0) is 30.5 Å². The molecule has 1 aromatic rings. The minimum absolute atomic E-state index is 0.165. The maximum Gasteiger partial charge on any atom is 0.123 e. The van der Waals surface area contributed by atoms with E-state index in [1.54, 1.807) is 0 Å². The molecule has 1 saturated heterocycles. The molecule has 0 radical (unpaired) electrons. The topological polar surface area (TPSA) is 12.5 Å². The van der Waals surface area contributed by atoms with Gasteiger partial charge >= 0.3 is 0 Å². The Bertz CT molecular complexity index is 251. The molecule has 0 saturated carbocycles. The van der Waals surface area contributed by atoms with Crippen LogP contribution >= 0.6 is 0 Å². The van der Waals surface area contributed by atoms with Crippen LogP contribution in [-0.2, 0) is 11.2 Å². The molecule has 2 rings (SSSR count). The highest BCUT2D eigenvalue weighted by Crippen LogP contribution is 2.16. The van der Waals surface area contributed by atoms with E-state index in [4.69, 9.17) is 4.74 Å².